The van der Waals surface area contributed by atoms with E-state index >= 15 is 0 Å². The van der Waals surface area contributed by atoms with Gasteiger partial charge in [0.2, 0.25) is 0 Å². The van der Waals surface area contributed by atoms with E-state index in [0.717, 1.165) is 57.5 Å². The second kappa shape index (κ2) is 9.71. The topological polar surface area (TPSA) is 73.9 Å². The number of nitrogens with one attached hydrogen (secondary N) is 2. The summed E-state index contributed by atoms with van der Waals surface area (Å²) in [5.74, 6) is -0.435. The Hall–Kier alpha value is -2.12. The summed E-state index contributed by atoms with van der Waals surface area (Å²) < 4.78 is 5.29. The van der Waals surface area contributed by atoms with Gasteiger partial charge < -0.3 is 20.3 Å². The van der Waals surface area contributed by atoms with Gasteiger partial charge in [0.1, 0.15) is 0 Å². The molecule has 2 aliphatic rings. The summed E-state index contributed by atoms with van der Waals surface area (Å²) in [4.78, 5) is 28.6. The lowest BCUT2D eigenvalue weighted by molar-refractivity contribution is -0.136. The molecule has 0 bridgehead atoms. The lowest BCUT2D eigenvalue weighted by Crippen LogP contribution is -2.43. The van der Waals surface area contributed by atoms with Gasteiger partial charge in [0.15, 0.2) is 0 Å². The van der Waals surface area contributed by atoms with E-state index in [4.69, 9.17) is 4.74 Å². The number of anilines is 2. The molecule has 27 heavy (non-hydrogen) atoms. The summed E-state index contributed by atoms with van der Waals surface area (Å²) in [6.45, 7) is 8.79. The zero-order valence-corrected chi connectivity index (χ0v) is 16.1. The Morgan fingerprint density at radius 2 is 1.70 bits per heavy atom. The summed E-state index contributed by atoms with van der Waals surface area (Å²) in [6.07, 6.45) is 2.42. The summed E-state index contributed by atoms with van der Waals surface area (Å²) in [5, 5.41) is 5.34. The molecule has 0 unspecified atom stereocenters. The molecular formula is C20H30N4O3. The largest absolute Gasteiger partial charge is 0.379 e. The maximum Gasteiger partial charge on any atom is 0.313 e. The summed E-state index contributed by atoms with van der Waals surface area (Å²) >= 11 is 0. The Kier molecular flexibility index (Phi) is 7.06. The van der Waals surface area contributed by atoms with Gasteiger partial charge in [-0.05, 0) is 43.0 Å². The average Bonchev–Trinajstić information content (AvgIpc) is 2.70. The fourth-order valence-corrected chi connectivity index (χ4v) is 3.44. The third-order valence-electron chi connectivity index (χ3n) is 5.30. The lowest BCUT2D eigenvalue weighted by atomic mass is 9.99. The predicted molar refractivity (Wildman–Crippen MR) is 106 cm³/mol. The quantitative estimate of drug-likeness (QED) is 0.761. The first-order valence-corrected chi connectivity index (χ1v) is 9.86. The van der Waals surface area contributed by atoms with Crippen molar-refractivity contribution in [2.24, 2.45) is 5.92 Å². The van der Waals surface area contributed by atoms with Crippen molar-refractivity contribution in [2.45, 2.75) is 19.8 Å². The second-order valence-electron chi connectivity index (χ2n) is 7.38. The van der Waals surface area contributed by atoms with Crippen molar-refractivity contribution >= 4 is 23.2 Å². The molecular weight excluding hydrogens is 344 g/mol. The van der Waals surface area contributed by atoms with Crippen LogP contribution in [0.5, 0.6) is 0 Å². The van der Waals surface area contributed by atoms with Crippen molar-refractivity contribution in [3.63, 3.8) is 0 Å². The molecule has 0 atom stereocenters. The van der Waals surface area contributed by atoms with Crippen molar-refractivity contribution in [2.75, 3.05) is 62.7 Å². The van der Waals surface area contributed by atoms with Crippen LogP contribution in [0.1, 0.15) is 19.8 Å². The number of carbonyl (C=O) groups is 2. The Labute approximate surface area is 161 Å². The first-order valence-electron chi connectivity index (χ1n) is 9.86. The summed E-state index contributed by atoms with van der Waals surface area (Å²) in [7, 11) is 0. The van der Waals surface area contributed by atoms with E-state index in [9.17, 15) is 9.59 Å². The number of morpholine rings is 1. The third-order valence-corrected chi connectivity index (χ3v) is 5.30. The van der Waals surface area contributed by atoms with E-state index in [1.54, 1.807) is 0 Å². The van der Waals surface area contributed by atoms with Crippen LogP contribution in [-0.2, 0) is 14.3 Å². The predicted octanol–water partition coefficient (Wildman–Crippen LogP) is 1.31. The Balaban J connectivity index is 1.41. The maximum absolute atomic E-state index is 12.1. The van der Waals surface area contributed by atoms with E-state index in [-0.39, 0.29) is 0 Å². The molecule has 0 saturated carbocycles. The molecule has 1 aromatic rings. The number of nitrogens with zero attached hydrogens (tertiary/aromatic N) is 2. The highest BCUT2D eigenvalue weighted by atomic mass is 16.5. The normalized spacial score (nSPS) is 18.9. The van der Waals surface area contributed by atoms with E-state index in [0.29, 0.717) is 12.2 Å². The highest BCUT2D eigenvalue weighted by molar-refractivity contribution is 6.39. The Bertz CT molecular complexity index is 621. The van der Waals surface area contributed by atoms with Gasteiger partial charge in [-0.25, -0.2) is 0 Å². The number of ether oxygens (including phenoxy) is 1. The van der Waals surface area contributed by atoms with Crippen LogP contribution in [0.3, 0.4) is 0 Å². The smallest absolute Gasteiger partial charge is 0.313 e. The van der Waals surface area contributed by atoms with Gasteiger partial charge in [0.25, 0.3) is 0 Å². The van der Waals surface area contributed by atoms with E-state index < -0.39 is 11.8 Å². The molecule has 0 aromatic heterocycles. The van der Waals surface area contributed by atoms with Gasteiger partial charge in [-0.3, -0.25) is 14.5 Å². The van der Waals surface area contributed by atoms with E-state index in [2.05, 4.69) is 27.4 Å². The van der Waals surface area contributed by atoms with Crippen LogP contribution in [0.15, 0.2) is 24.3 Å². The molecule has 7 nitrogen and oxygen atoms in total. The molecule has 7 heteroatoms. The first-order chi connectivity index (χ1) is 13.1. The van der Waals surface area contributed by atoms with E-state index in [1.165, 1.54) is 12.8 Å². The van der Waals surface area contributed by atoms with Gasteiger partial charge in [-0.2, -0.15) is 0 Å². The number of hydrogen-bond acceptors (Lipinski definition) is 5. The zero-order chi connectivity index (χ0) is 19.1. The minimum atomic E-state index is -0.628. The van der Waals surface area contributed by atoms with Crippen molar-refractivity contribution in [3.05, 3.63) is 24.3 Å². The van der Waals surface area contributed by atoms with Crippen molar-refractivity contribution in [3.8, 4) is 0 Å². The number of benzene rings is 1. The molecule has 2 aliphatic heterocycles. The molecule has 0 aliphatic carbocycles. The van der Waals surface area contributed by atoms with Crippen LogP contribution < -0.4 is 15.5 Å². The lowest BCUT2D eigenvalue weighted by Gasteiger charge is -2.32. The van der Waals surface area contributed by atoms with Crippen molar-refractivity contribution in [1.82, 2.24) is 10.2 Å². The molecule has 2 fully saturated rings. The number of carbonyl (C=O) groups excluding carboxylic acids is 2. The van der Waals surface area contributed by atoms with Gasteiger partial charge in [0.05, 0.1) is 13.2 Å². The Morgan fingerprint density at radius 3 is 2.37 bits per heavy atom. The molecule has 2 amide bonds. The summed E-state index contributed by atoms with van der Waals surface area (Å²) in [5.41, 5.74) is 1.80. The summed E-state index contributed by atoms with van der Waals surface area (Å²) in [6, 6.07) is 7.71. The standard InChI is InChI=1S/C20H30N4O3/c1-16-6-9-24(10-7-16)18-4-2-17(3-5-18)22-20(26)19(25)21-8-11-23-12-14-27-15-13-23/h2-5,16H,6-15H2,1H3,(H,21,25)(H,22,26). The van der Waals surface area contributed by atoms with Crippen LogP contribution >= 0.6 is 0 Å². The van der Waals surface area contributed by atoms with Gasteiger partial charge in [-0.1, -0.05) is 6.92 Å². The first kappa shape index (κ1) is 19.6. The van der Waals surface area contributed by atoms with Gasteiger partial charge in [0, 0.05) is 50.6 Å². The highest BCUT2D eigenvalue weighted by Crippen LogP contribution is 2.24. The number of piperidine rings is 1. The van der Waals surface area contributed by atoms with Crippen molar-refractivity contribution in [1.29, 1.82) is 0 Å². The average molecular weight is 374 g/mol. The maximum atomic E-state index is 12.1. The zero-order valence-electron chi connectivity index (χ0n) is 16.1. The van der Waals surface area contributed by atoms with Gasteiger partial charge >= 0.3 is 11.8 Å². The molecule has 1 aromatic carbocycles. The monoisotopic (exact) mass is 374 g/mol. The van der Waals surface area contributed by atoms with Gasteiger partial charge in [-0.15, -0.1) is 0 Å². The van der Waals surface area contributed by atoms with E-state index in [1.807, 2.05) is 24.3 Å². The van der Waals surface area contributed by atoms with Crippen LogP contribution in [-0.4, -0.2) is 69.2 Å². The SMILES string of the molecule is CC1CCN(c2ccc(NC(=O)C(=O)NCCN3CCOCC3)cc2)CC1. The molecule has 2 heterocycles. The third kappa shape index (κ3) is 5.94. The fourth-order valence-electron chi connectivity index (χ4n) is 3.44. The van der Waals surface area contributed by atoms with Crippen molar-refractivity contribution < 1.29 is 14.3 Å². The van der Waals surface area contributed by atoms with Crippen LogP contribution in [0.4, 0.5) is 11.4 Å². The molecule has 2 N–H and O–H groups in total. The molecule has 3 rings (SSSR count). The Morgan fingerprint density at radius 1 is 1.04 bits per heavy atom. The number of amides is 2. The minimum absolute atomic E-state index is 0.457. The number of rotatable bonds is 5. The van der Waals surface area contributed by atoms with Crippen LogP contribution in [0, 0.1) is 5.92 Å². The second-order valence-corrected chi connectivity index (χ2v) is 7.38. The van der Waals surface area contributed by atoms with Crippen LogP contribution in [0.25, 0.3) is 0 Å². The molecule has 0 spiro atoms. The number of hydrogen-bond donors (Lipinski definition) is 2. The molecule has 2 saturated heterocycles. The fraction of sp³-hybridized carbons (Fsp3) is 0.600. The molecule has 148 valence electrons. The highest BCUT2D eigenvalue weighted by Gasteiger charge is 2.17. The minimum Gasteiger partial charge on any atom is -0.379 e. The molecule has 0 radical (unpaired) electrons. The van der Waals surface area contributed by atoms with Crippen LogP contribution in [0.2, 0.25) is 0 Å².